The van der Waals surface area contributed by atoms with Gasteiger partial charge < -0.3 is 4.90 Å². The van der Waals surface area contributed by atoms with Gasteiger partial charge in [-0.15, -0.1) is 12.4 Å². The van der Waals surface area contributed by atoms with Gasteiger partial charge in [0.15, 0.2) is 0 Å². The van der Waals surface area contributed by atoms with Gasteiger partial charge in [0.2, 0.25) is 0 Å². The van der Waals surface area contributed by atoms with E-state index < -0.39 is 0 Å². The average Bonchev–Trinajstić information content (AvgIpc) is 2.56. The minimum atomic E-state index is 0. The van der Waals surface area contributed by atoms with Crippen molar-refractivity contribution in [2.45, 2.75) is 19.8 Å². The van der Waals surface area contributed by atoms with E-state index >= 15 is 0 Å². The fourth-order valence-electron chi connectivity index (χ4n) is 1.81. The first kappa shape index (κ1) is 12.3. The summed E-state index contributed by atoms with van der Waals surface area (Å²) in [5, 5.41) is 8.53. The molecule has 2 nitrogen and oxygen atoms in total. The second-order valence-electron chi connectivity index (χ2n) is 3.63. The Bertz CT molecular complexity index is 377. The average molecular weight is 245 g/mol. The third-order valence-electron chi connectivity index (χ3n) is 2.58. The van der Waals surface area contributed by atoms with E-state index in [9.17, 15) is 0 Å². The van der Waals surface area contributed by atoms with Crippen LogP contribution in [0.3, 0.4) is 0 Å². The first-order valence-corrected chi connectivity index (χ1v) is 5.17. The first-order valence-electron chi connectivity index (χ1n) is 4.79. The van der Waals surface area contributed by atoms with Crippen molar-refractivity contribution in [3.05, 3.63) is 28.8 Å². The van der Waals surface area contributed by atoms with Gasteiger partial charge in [0, 0.05) is 23.7 Å². The topological polar surface area (TPSA) is 27.1 Å². The molecule has 1 saturated heterocycles. The zero-order chi connectivity index (χ0) is 10.1. The number of hydrogen-bond acceptors (Lipinski definition) is 1. The highest BCUT2D eigenvalue weighted by atomic mass is 35.5. The standard InChI is InChI=1S/C11H13ClN2.ClH/c1-8-4-5-9(12)7-10(8)14-6-2-3-11(14)13;/h4-5,7,13H,2-3,6H2,1H3;1H. The number of nitrogens with zero attached hydrogens (tertiary/aromatic N) is 1. The number of benzene rings is 1. The molecule has 1 fully saturated rings. The molecular formula is C11H14Cl2N2. The van der Waals surface area contributed by atoms with Crippen molar-refractivity contribution in [3.63, 3.8) is 0 Å². The molecular weight excluding hydrogens is 231 g/mol. The lowest BCUT2D eigenvalue weighted by Crippen LogP contribution is -2.23. The maximum Gasteiger partial charge on any atom is 0.100 e. The van der Waals surface area contributed by atoms with Crippen molar-refractivity contribution in [1.82, 2.24) is 0 Å². The Morgan fingerprint density at radius 1 is 1.40 bits per heavy atom. The lowest BCUT2D eigenvalue weighted by molar-refractivity contribution is 0.954. The molecule has 15 heavy (non-hydrogen) atoms. The second kappa shape index (κ2) is 4.86. The molecule has 0 bridgehead atoms. The highest BCUT2D eigenvalue weighted by Crippen LogP contribution is 2.27. The van der Waals surface area contributed by atoms with E-state index in [4.69, 9.17) is 17.0 Å². The molecule has 4 heteroatoms. The SMILES string of the molecule is Cc1ccc(Cl)cc1N1CCCC1=N.Cl. The van der Waals surface area contributed by atoms with Crippen molar-refractivity contribution < 1.29 is 0 Å². The van der Waals surface area contributed by atoms with Gasteiger partial charge in [0.1, 0.15) is 5.84 Å². The molecule has 0 amide bonds. The van der Waals surface area contributed by atoms with E-state index in [1.54, 1.807) is 0 Å². The third kappa shape index (κ3) is 2.44. The minimum absolute atomic E-state index is 0. The van der Waals surface area contributed by atoms with Crippen LogP contribution < -0.4 is 4.90 Å². The van der Waals surface area contributed by atoms with Crippen LogP contribution in [0.15, 0.2) is 18.2 Å². The van der Waals surface area contributed by atoms with Crippen LogP contribution in [0.4, 0.5) is 5.69 Å². The molecule has 2 rings (SSSR count). The summed E-state index contributed by atoms with van der Waals surface area (Å²) in [6, 6.07) is 5.83. The Kier molecular flexibility index (Phi) is 4.00. The zero-order valence-electron chi connectivity index (χ0n) is 8.59. The Labute approximate surface area is 101 Å². The Morgan fingerprint density at radius 3 is 2.73 bits per heavy atom. The molecule has 1 aromatic carbocycles. The van der Waals surface area contributed by atoms with Gasteiger partial charge in [-0.05, 0) is 31.0 Å². The Balaban J connectivity index is 0.00000112. The highest BCUT2D eigenvalue weighted by molar-refractivity contribution is 6.31. The number of amidine groups is 1. The lowest BCUT2D eigenvalue weighted by atomic mass is 10.2. The first-order chi connectivity index (χ1) is 6.68. The van der Waals surface area contributed by atoms with E-state index in [0.717, 1.165) is 30.1 Å². The molecule has 1 aliphatic heterocycles. The van der Waals surface area contributed by atoms with Crippen LogP contribution in [0, 0.1) is 12.3 Å². The van der Waals surface area contributed by atoms with Gasteiger partial charge in [-0.3, -0.25) is 5.41 Å². The predicted octanol–water partition coefficient (Wildman–Crippen LogP) is 3.65. The molecule has 0 spiro atoms. The van der Waals surface area contributed by atoms with Gasteiger partial charge in [-0.1, -0.05) is 17.7 Å². The molecule has 0 aromatic heterocycles. The number of anilines is 1. The van der Waals surface area contributed by atoms with E-state index in [-0.39, 0.29) is 12.4 Å². The monoisotopic (exact) mass is 244 g/mol. The molecule has 0 radical (unpaired) electrons. The number of hydrogen-bond donors (Lipinski definition) is 1. The third-order valence-corrected chi connectivity index (χ3v) is 2.82. The fourth-order valence-corrected chi connectivity index (χ4v) is 1.98. The Hall–Kier alpha value is -0.730. The summed E-state index contributed by atoms with van der Waals surface area (Å²) >= 11 is 5.95. The summed E-state index contributed by atoms with van der Waals surface area (Å²) in [6.07, 6.45) is 1.96. The normalized spacial score (nSPS) is 15.3. The van der Waals surface area contributed by atoms with Gasteiger partial charge in [0.05, 0.1) is 0 Å². The predicted molar refractivity (Wildman–Crippen MR) is 67.7 cm³/mol. The van der Waals surface area contributed by atoms with Crippen LogP contribution in [0.2, 0.25) is 5.02 Å². The second-order valence-corrected chi connectivity index (χ2v) is 4.07. The van der Waals surface area contributed by atoms with Crippen LogP contribution >= 0.6 is 24.0 Å². The molecule has 1 N–H and O–H groups in total. The van der Waals surface area contributed by atoms with Crippen molar-refractivity contribution in [2.75, 3.05) is 11.4 Å². The van der Waals surface area contributed by atoms with E-state index in [2.05, 4.69) is 6.92 Å². The zero-order valence-corrected chi connectivity index (χ0v) is 10.2. The van der Waals surface area contributed by atoms with E-state index in [1.165, 1.54) is 5.56 Å². The van der Waals surface area contributed by atoms with E-state index in [1.807, 2.05) is 23.1 Å². The number of halogens is 2. The summed E-state index contributed by atoms with van der Waals surface area (Å²) in [4.78, 5) is 2.04. The summed E-state index contributed by atoms with van der Waals surface area (Å²) in [7, 11) is 0. The minimum Gasteiger partial charge on any atom is -0.330 e. The van der Waals surface area contributed by atoms with Crippen molar-refractivity contribution >= 4 is 35.5 Å². The highest BCUT2D eigenvalue weighted by Gasteiger charge is 2.19. The number of rotatable bonds is 1. The molecule has 82 valence electrons. The summed E-state index contributed by atoms with van der Waals surface area (Å²) < 4.78 is 0. The fraction of sp³-hybridized carbons (Fsp3) is 0.364. The van der Waals surface area contributed by atoms with Crippen LogP contribution in [0.25, 0.3) is 0 Å². The molecule has 0 saturated carbocycles. The molecule has 1 aromatic rings. The lowest BCUT2D eigenvalue weighted by Gasteiger charge is -2.20. The van der Waals surface area contributed by atoms with Gasteiger partial charge >= 0.3 is 0 Å². The maximum atomic E-state index is 7.79. The molecule has 1 heterocycles. The quantitative estimate of drug-likeness (QED) is 0.803. The molecule has 0 unspecified atom stereocenters. The summed E-state index contributed by atoms with van der Waals surface area (Å²) in [5.74, 6) is 0.704. The van der Waals surface area contributed by atoms with Crippen LogP contribution in [0.5, 0.6) is 0 Å². The molecule has 1 aliphatic rings. The van der Waals surface area contributed by atoms with Crippen molar-refractivity contribution in [1.29, 1.82) is 5.41 Å². The maximum absolute atomic E-state index is 7.79. The Morgan fingerprint density at radius 2 is 2.13 bits per heavy atom. The van der Waals surface area contributed by atoms with Crippen LogP contribution in [-0.4, -0.2) is 12.4 Å². The summed E-state index contributed by atoms with van der Waals surface area (Å²) in [5.41, 5.74) is 2.26. The largest absolute Gasteiger partial charge is 0.330 e. The van der Waals surface area contributed by atoms with Crippen LogP contribution in [-0.2, 0) is 0 Å². The van der Waals surface area contributed by atoms with Gasteiger partial charge in [-0.25, -0.2) is 0 Å². The molecule has 0 atom stereocenters. The summed E-state index contributed by atoms with van der Waals surface area (Å²) in [6.45, 7) is 3.00. The number of aryl methyl sites for hydroxylation is 1. The van der Waals surface area contributed by atoms with Crippen LogP contribution in [0.1, 0.15) is 18.4 Å². The van der Waals surface area contributed by atoms with Crippen molar-refractivity contribution in [3.8, 4) is 0 Å². The van der Waals surface area contributed by atoms with E-state index in [0.29, 0.717) is 5.84 Å². The smallest absolute Gasteiger partial charge is 0.100 e. The molecule has 0 aliphatic carbocycles. The number of nitrogens with one attached hydrogen (secondary N) is 1. The van der Waals surface area contributed by atoms with Gasteiger partial charge in [0.25, 0.3) is 0 Å². The van der Waals surface area contributed by atoms with Gasteiger partial charge in [-0.2, -0.15) is 0 Å². The van der Waals surface area contributed by atoms with Crippen molar-refractivity contribution in [2.24, 2.45) is 0 Å².